The fourth-order valence-electron chi connectivity index (χ4n) is 3.21. The number of para-hydroxylation sites is 2. The molecule has 0 unspecified atom stereocenters. The summed E-state index contributed by atoms with van der Waals surface area (Å²) < 4.78 is 1.86. The molecule has 154 valence electrons. The predicted molar refractivity (Wildman–Crippen MR) is 124 cm³/mol. The number of amides is 2. The third-order valence-electron chi connectivity index (χ3n) is 4.67. The molecule has 2 amide bonds. The maximum atomic E-state index is 12.5. The molecule has 0 aliphatic carbocycles. The van der Waals surface area contributed by atoms with E-state index in [-0.39, 0.29) is 18.4 Å². The monoisotopic (exact) mass is 430 g/mol. The maximum absolute atomic E-state index is 12.5. The van der Waals surface area contributed by atoms with Crippen LogP contribution in [0.15, 0.2) is 90.2 Å². The molecule has 0 fully saturated rings. The van der Waals surface area contributed by atoms with E-state index in [1.165, 1.54) is 0 Å². The van der Waals surface area contributed by atoms with Gasteiger partial charge in [-0.1, -0.05) is 48.0 Å². The van der Waals surface area contributed by atoms with Gasteiger partial charge in [0.1, 0.15) is 6.54 Å². The summed E-state index contributed by atoms with van der Waals surface area (Å²) in [5.41, 5.74) is 5.41. The van der Waals surface area contributed by atoms with Crippen LogP contribution in [0.5, 0.6) is 0 Å². The number of aromatic nitrogens is 1. The van der Waals surface area contributed by atoms with Crippen LogP contribution in [0.4, 0.5) is 5.69 Å². The van der Waals surface area contributed by atoms with Crippen molar-refractivity contribution in [3.05, 3.63) is 101 Å². The molecule has 0 bridgehead atoms. The maximum Gasteiger partial charge on any atom is 0.271 e. The highest BCUT2D eigenvalue weighted by Crippen LogP contribution is 2.20. The molecule has 7 heteroatoms. The minimum Gasteiger partial charge on any atom is -0.337 e. The van der Waals surface area contributed by atoms with E-state index in [0.29, 0.717) is 10.6 Å². The second-order valence-corrected chi connectivity index (χ2v) is 7.29. The molecule has 31 heavy (non-hydrogen) atoms. The second-order valence-electron chi connectivity index (χ2n) is 6.85. The molecule has 6 nitrogen and oxygen atoms in total. The van der Waals surface area contributed by atoms with E-state index >= 15 is 0 Å². The summed E-state index contributed by atoms with van der Waals surface area (Å²) in [6, 6.07) is 23.6. The van der Waals surface area contributed by atoms with E-state index in [1.807, 2.05) is 65.4 Å². The molecule has 0 saturated carbocycles. The largest absolute Gasteiger partial charge is 0.337 e. The van der Waals surface area contributed by atoms with Gasteiger partial charge in [0, 0.05) is 38.9 Å². The van der Waals surface area contributed by atoms with Crippen LogP contribution >= 0.6 is 11.6 Å². The Morgan fingerprint density at radius 3 is 2.42 bits per heavy atom. The number of hydrogen-bond acceptors (Lipinski definition) is 3. The molecule has 3 aromatic carbocycles. The van der Waals surface area contributed by atoms with E-state index in [1.54, 1.807) is 30.5 Å². The number of carbonyl (C=O) groups excluding carboxylic acids is 2. The minimum atomic E-state index is -0.334. The molecule has 0 aliphatic heterocycles. The Kier molecular flexibility index (Phi) is 6.10. The quantitative estimate of drug-likeness (QED) is 0.343. The van der Waals surface area contributed by atoms with Crippen LogP contribution in [0, 0.1) is 0 Å². The molecule has 2 N–H and O–H groups in total. The van der Waals surface area contributed by atoms with Gasteiger partial charge in [-0.2, -0.15) is 5.10 Å². The number of hydrazone groups is 1. The van der Waals surface area contributed by atoms with Gasteiger partial charge in [-0.05, 0) is 42.5 Å². The summed E-state index contributed by atoms with van der Waals surface area (Å²) >= 11 is 5.85. The lowest BCUT2D eigenvalue weighted by molar-refractivity contribution is -0.116. The molecule has 0 atom stereocenters. The summed E-state index contributed by atoms with van der Waals surface area (Å²) in [4.78, 5) is 24.7. The average Bonchev–Trinajstić information content (AvgIpc) is 3.12. The highest BCUT2D eigenvalue weighted by molar-refractivity contribution is 6.30. The van der Waals surface area contributed by atoms with Crippen molar-refractivity contribution in [3.8, 4) is 0 Å². The number of hydrogen-bond donors (Lipinski definition) is 2. The van der Waals surface area contributed by atoms with Gasteiger partial charge < -0.3 is 9.88 Å². The number of fused-ring (bicyclic) bond motifs is 1. The zero-order valence-electron chi connectivity index (χ0n) is 16.5. The molecule has 0 radical (unpaired) electrons. The van der Waals surface area contributed by atoms with Crippen LogP contribution < -0.4 is 10.7 Å². The Balaban J connectivity index is 1.49. The van der Waals surface area contributed by atoms with Gasteiger partial charge in [0.25, 0.3) is 5.91 Å². The van der Waals surface area contributed by atoms with Gasteiger partial charge in [0.05, 0.1) is 6.21 Å². The number of halogens is 1. The Morgan fingerprint density at radius 2 is 1.65 bits per heavy atom. The van der Waals surface area contributed by atoms with Gasteiger partial charge in [-0.25, -0.2) is 5.43 Å². The lowest BCUT2D eigenvalue weighted by Gasteiger charge is -2.07. The normalized spacial score (nSPS) is 11.0. The number of nitrogens with one attached hydrogen (secondary N) is 2. The van der Waals surface area contributed by atoms with Crippen molar-refractivity contribution in [1.82, 2.24) is 9.99 Å². The first-order valence-electron chi connectivity index (χ1n) is 9.62. The molecular weight excluding hydrogens is 412 g/mol. The first-order chi connectivity index (χ1) is 15.1. The fraction of sp³-hybridized carbons (Fsp3) is 0.0417. The van der Waals surface area contributed by atoms with Crippen LogP contribution in [0.1, 0.15) is 15.9 Å². The Hall–Kier alpha value is -3.90. The van der Waals surface area contributed by atoms with Gasteiger partial charge in [0.15, 0.2) is 0 Å². The minimum absolute atomic E-state index is 0.133. The summed E-state index contributed by atoms with van der Waals surface area (Å²) in [6.45, 7) is 0.153. The smallest absolute Gasteiger partial charge is 0.271 e. The van der Waals surface area contributed by atoms with E-state index in [4.69, 9.17) is 11.6 Å². The average molecular weight is 431 g/mol. The van der Waals surface area contributed by atoms with Gasteiger partial charge in [0.2, 0.25) is 5.91 Å². The Morgan fingerprint density at radius 1 is 0.935 bits per heavy atom. The van der Waals surface area contributed by atoms with E-state index in [0.717, 1.165) is 22.2 Å². The third kappa shape index (κ3) is 4.99. The van der Waals surface area contributed by atoms with Crippen molar-refractivity contribution in [1.29, 1.82) is 0 Å². The van der Waals surface area contributed by atoms with E-state index in [2.05, 4.69) is 15.8 Å². The molecule has 4 aromatic rings. The molecule has 0 aliphatic rings. The standard InChI is InChI=1S/C24H19ClN4O2/c25-19-12-10-17(11-13-19)24(31)28-26-14-18-15-29(22-9-5-4-8-21(18)22)16-23(30)27-20-6-2-1-3-7-20/h1-15H,16H2,(H,27,30)(H,28,31)/b26-14-. The van der Waals surface area contributed by atoms with Crippen molar-refractivity contribution < 1.29 is 9.59 Å². The highest BCUT2D eigenvalue weighted by Gasteiger charge is 2.10. The lowest BCUT2D eigenvalue weighted by atomic mass is 10.2. The first-order valence-corrected chi connectivity index (χ1v) is 10.00. The molecular formula is C24H19ClN4O2. The molecule has 0 saturated heterocycles. The Labute approximate surface area is 184 Å². The van der Waals surface area contributed by atoms with Crippen molar-refractivity contribution in [2.75, 3.05) is 5.32 Å². The zero-order valence-corrected chi connectivity index (χ0v) is 17.2. The number of anilines is 1. The summed E-state index contributed by atoms with van der Waals surface area (Å²) in [5, 5.41) is 8.45. The van der Waals surface area contributed by atoms with Gasteiger partial charge in [-0.3, -0.25) is 9.59 Å². The second kappa shape index (κ2) is 9.28. The van der Waals surface area contributed by atoms with E-state index < -0.39 is 0 Å². The summed E-state index contributed by atoms with van der Waals surface area (Å²) in [5.74, 6) is -0.467. The topological polar surface area (TPSA) is 75.5 Å². The first kappa shape index (κ1) is 20.4. The summed E-state index contributed by atoms with van der Waals surface area (Å²) in [7, 11) is 0. The fourth-order valence-corrected chi connectivity index (χ4v) is 3.34. The molecule has 0 spiro atoms. The number of benzene rings is 3. The van der Waals surface area contributed by atoms with Crippen molar-refractivity contribution in [2.45, 2.75) is 6.54 Å². The SMILES string of the molecule is O=C(Cn1cc(/C=N\NC(=O)c2ccc(Cl)cc2)c2ccccc21)Nc1ccccc1. The van der Waals surface area contributed by atoms with Crippen molar-refractivity contribution in [3.63, 3.8) is 0 Å². The predicted octanol–water partition coefficient (Wildman–Crippen LogP) is 4.70. The lowest BCUT2D eigenvalue weighted by Crippen LogP contribution is -2.18. The van der Waals surface area contributed by atoms with Crippen LogP contribution in [0.3, 0.4) is 0 Å². The van der Waals surface area contributed by atoms with Gasteiger partial charge >= 0.3 is 0 Å². The molecule has 1 heterocycles. The molecule has 4 rings (SSSR count). The number of nitrogens with zero attached hydrogens (tertiary/aromatic N) is 2. The van der Waals surface area contributed by atoms with Crippen LogP contribution in [-0.4, -0.2) is 22.6 Å². The summed E-state index contributed by atoms with van der Waals surface area (Å²) in [6.07, 6.45) is 3.41. The Bertz CT molecular complexity index is 1250. The number of rotatable bonds is 6. The number of carbonyl (C=O) groups is 2. The van der Waals surface area contributed by atoms with Crippen LogP contribution in [-0.2, 0) is 11.3 Å². The van der Waals surface area contributed by atoms with Gasteiger partial charge in [-0.15, -0.1) is 0 Å². The zero-order chi connectivity index (χ0) is 21.6. The van der Waals surface area contributed by atoms with Crippen molar-refractivity contribution >= 4 is 46.2 Å². The van der Waals surface area contributed by atoms with Crippen molar-refractivity contribution in [2.24, 2.45) is 5.10 Å². The molecule has 1 aromatic heterocycles. The van der Waals surface area contributed by atoms with Crippen LogP contribution in [0.2, 0.25) is 5.02 Å². The third-order valence-corrected chi connectivity index (χ3v) is 4.92. The highest BCUT2D eigenvalue weighted by atomic mass is 35.5. The van der Waals surface area contributed by atoms with Crippen LogP contribution in [0.25, 0.3) is 10.9 Å². The van der Waals surface area contributed by atoms with E-state index in [9.17, 15) is 9.59 Å².